The van der Waals surface area contributed by atoms with Gasteiger partial charge in [-0.15, -0.1) is 0 Å². The lowest BCUT2D eigenvalue weighted by molar-refractivity contribution is 0.289. The minimum atomic E-state index is 0.712. The largest absolute Gasteiger partial charge is 0.494 e. The molecule has 72 valence electrons. The Labute approximate surface area is 93.6 Å². The molecule has 0 aliphatic carbocycles. The lowest BCUT2D eigenvalue weighted by atomic mass is 10.1. The van der Waals surface area contributed by atoms with Crippen molar-refractivity contribution in [2.75, 3.05) is 6.61 Å². The molecule has 2 heteroatoms. The van der Waals surface area contributed by atoms with Crippen LogP contribution in [0.1, 0.15) is 20.3 Å². The van der Waals surface area contributed by atoms with E-state index in [1.165, 1.54) is 3.57 Å². The van der Waals surface area contributed by atoms with Gasteiger partial charge in [-0.1, -0.05) is 13.8 Å². The summed E-state index contributed by atoms with van der Waals surface area (Å²) >= 11 is 2.29. The molecule has 0 atom stereocenters. The summed E-state index contributed by atoms with van der Waals surface area (Å²) in [5.74, 6) is 1.69. The van der Waals surface area contributed by atoms with Crippen molar-refractivity contribution in [3.63, 3.8) is 0 Å². The van der Waals surface area contributed by atoms with Crippen LogP contribution in [0.25, 0.3) is 0 Å². The molecular weight excluding hydrogens is 275 g/mol. The van der Waals surface area contributed by atoms with Crippen LogP contribution < -0.4 is 4.74 Å². The number of ether oxygens (including phenoxy) is 1. The van der Waals surface area contributed by atoms with Crippen LogP contribution in [-0.2, 0) is 0 Å². The predicted octanol–water partition coefficient (Wildman–Crippen LogP) is 3.72. The van der Waals surface area contributed by atoms with Crippen molar-refractivity contribution in [3.8, 4) is 5.75 Å². The second-order valence-electron chi connectivity index (χ2n) is 3.48. The molecule has 0 spiro atoms. The third-order valence-electron chi connectivity index (χ3n) is 1.78. The standard InChI is InChI=1S/C11H15IO/c1-9(2)7-8-13-11-5-3-10(12)4-6-11/h3-6,9H,7-8H2,1-2H3. The first-order valence-corrected chi connectivity index (χ1v) is 5.64. The smallest absolute Gasteiger partial charge is 0.119 e. The van der Waals surface area contributed by atoms with E-state index in [1.807, 2.05) is 12.1 Å². The molecule has 0 N–H and O–H groups in total. The Hall–Kier alpha value is -0.250. The van der Waals surface area contributed by atoms with Crippen LogP contribution >= 0.6 is 22.6 Å². The first-order chi connectivity index (χ1) is 6.18. The van der Waals surface area contributed by atoms with Crippen molar-refractivity contribution in [2.24, 2.45) is 5.92 Å². The molecule has 0 aromatic heterocycles. The van der Waals surface area contributed by atoms with Crippen LogP contribution in [0.15, 0.2) is 24.3 Å². The third kappa shape index (κ3) is 4.50. The quantitative estimate of drug-likeness (QED) is 0.768. The summed E-state index contributed by atoms with van der Waals surface area (Å²) in [6.45, 7) is 5.23. The Kier molecular flexibility index (Phi) is 4.56. The summed E-state index contributed by atoms with van der Waals surface area (Å²) in [6.07, 6.45) is 1.12. The molecule has 0 aliphatic rings. The highest BCUT2D eigenvalue weighted by molar-refractivity contribution is 14.1. The van der Waals surface area contributed by atoms with E-state index in [9.17, 15) is 0 Å². The van der Waals surface area contributed by atoms with Gasteiger partial charge in [0.15, 0.2) is 0 Å². The number of halogens is 1. The van der Waals surface area contributed by atoms with Gasteiger partial charge in [0.05, 0.1) is 6.61 Å². The molecule has 0 bridgehead atoms. The van der Waals surface area contributed by atoms with Crippen molar-refractivity contribution < 1.29 is 4.74 Å². The Morgan fingerprint density at radius 3 is 2.38 bits per heavy atom. The average molecular weight is 290 g/mol. The van der Waals surface area contributed by atoms with E-state index in [1.54, 1.807) is 0 Å². The first-order valence-electron chi connectivity index (χ1n) is 4.57. The minimum Gasteiger partial charge on any atom is -0.494 e. The topological polar surface area (TPSA) is 9.23 Å². The van der Waals surface area contributed by atoms with Crippen molar-refractivity contribution in [1.29, 1.82) is 0 Å². The summed E-state index contributed by atoms with van der Waals surface area (Å²) in [5, 5.41) is 0. The van der Waals surface area contributed by atoms with Gasteiger partial charge >= 0.3 is 0 Å². The Balaban J connectivity index is 2.33. The number of hydrogen-bond acceptors (Lipinski definition) is 1. The van der Waals surface area contributed by atoms with Crippen molar-refractivity contribution in [1.82, 2.24) is 0 Å². The van der Waals surface area contributed by atoms with E-state index >= 15 is 0 Å². The molecule has 0 amide bonds. The molecule has 0 radical (unpaired) electrons. The van der Waals surface area contributed by atoms with Gasteiger partial charge in [-0.3, -0.25) is 0 Å². The second kappa shape index (κ2) is 5.47. The van der Waals surface area contributed by atoms with Gasteiger partial charge in [0.2, 0.25) is 0 Å². The van der Waals surface area contributed by atoms with E-state index in [-0.39, 0.29) is 0 Å². The lowest BCUT2D eigenvalue weighted by Gasteiger charge is -2.07. The maximum atomic E-state index is 5.57. The van der Waals surface area contributed by atoms with Crippen LogP contribution in [0.5, 0.6) is 5.75 Å². The highest BCUT2D eigenvalue weighted by atomic mass is 127. The summed E-state index contributed by atoms with van der Waals surface area (Å²) in [4.78, 5) is 0. The van der Waals surface area contributed by atoms with Crippen molar-refractivity contribution >= 4 is 22.6 Å². The molecule has 1 aromatic rings. The molecule has 1 nitrogen and oxygen atoms in total. The molecule has 1 aromatic carbocycles. The van der Waals surface area contributed by atoms with Crippen LogP contribution in [0, 0.1) is 9.49 Å². The maximum Gasteiger partial charge on any atom is 0.119 e. The fourth-order valence-corrected chi connectivity index (χ4v) is 1.30. The molecule has 13 heavy (non-hydrogen) atoms. The molecule has 0 saturated carbocycles. The number of benzene rings is 1. The highest BCUT2D eigenvalue weighted by Gasteiger charge is 1.95. The molecule has 1 rings (SSSR count). The summed E-state index contributed by atoms with van der Waals surface area (Å²) in [6, 6.07) is 8.15. The molecule has 0 unspecified atom stereocenters. The van der Waals surface area contributed by atoms with Crippen molar-refractivity contribution in [2.45, 2.75) is 20.3 Å². The van der Waals surface area contributed by atoms with E-state index in [0.29, 0.717) is 5.92 Å². The Morgan fingerprint density at radius 2 is 1.85 bits per heavy atom. The summed E-state index contributed by atoms with van der Waals surface area (Å²) in [7, 11) is 0. The normalized spacial score (nSPS) is 10.5. The average Bonchev–Trinajstić information content (AvgIpc) is 2.08. The van der Waals surface area contributed by atoms with Gasteiger partial charge in [-0.05, 0) is 59.2 Å². The van der Waals surface area contributed by atoms with Crippen LogP contribution in [0.3, 0.4) is 0 Å². The third-order valence-corrected chi connectivity index (χ3v) is 2.50. The fraction of sp³-hybridized carbons (Fsp3) is 0.455. The Morgan fingerprint density at radius 1 is 1.23 bits per heavy atom. The second-order valence-corrected chi connectivity index (χ2v) is 4.73. The number of rotatable bonds is 4. The minimum absolute atomic E-state index is 0.712. The molecule has 0 aliphatic heterocycles. The van der Waals surface area contributed by atoms with E-state index in [0.717, 1.165) is 18.8 Å². The van der Waals surface area contributed by atoms with E-state index < -0.39 is 0 Å². The predicted molar refractivity (Wildman–Crippen MR) is 64.1 cm³/mol. The maximum absolute atomic E-state index is 5.57. The van der Waals surface area contributed by atoms with E-state index in [4.69, 9.17) is 4.74 Å². The zero-order valence-electron chi connectivity index (χ0n) is 8.09. The fourth-order valence-electron chi connectivity index (χ4n) is 0.943. The zero-order chi connectivity index (χ0) is 9.68. The van der Waals surface area contributed by atoms with Gasteiger partial charge in [-0.25, -0.2) is 0 Å². The van der Waals surface area contributed by atoms with Crippen LogP contribution in [0.4, 0.5) is 0 Å². The van der Waals surface area contributed by atoms with Gasteiger partial charge in [0.25, 0.3) is 0 Å². The van der Waals surface area contributed by atoms with Crippen LogP contribution in [-0.4, -0.2) is 6.61 Å². The first kappa shape index (κ1) is 10.8. The molecule has 0 fully saturated rings. The SMILES string of the molecule is CC(C)CCOc1ccc(I)cc1. The molecular formula is C11H15IO. The molecule has 0 heterocycles. The monoisotopic (exact) mass is 290 g/mol. The van der Waals surface area contributed by atoms with Gasteiger partial charge in [0, 0.05) is 3.57 Å². The van der Waals surface area contributed by atoms with Crippen LogP contribution in [0.2, 0.25) is 0 Å². The van der Waals surface area contributed by atoms with Gasteiger partial charge in [0.1, 0.15) is 5.75 Å². The van der Waals surface area contributed by atoms with Gasteiger partial charge in [-0.2, -0.15) is 0 Å². The van der Waals surface area contributed by atoms with Crippen molar-refractivity contribution in [3.05, 3.63) is 27.8 Å². The highest BCUT2D eigenvalue weighted by Crippen LogP contribution is 2.14. The number of hydrogen-bond donors (Lipinski definition) is 0. The summed E-state index contributed by atoms with van der Waals surface area (Å²) < 4.78 is 6.81. The Bertz CT molecular complexity index is 241. The summed E-state index contributed by atoms with van der Waals surface area (Å²) in [5.41, 5.74) is 0. The van der Waals surface area contributed by atoms with E-state index in [2.05, 4.69) is 48.6 Å². The molecule has 0 saturated heterocycles. The van der Waals surface area contributed by atoms with Gasteiger partial charge < -0.3 is 4.74 Å². The zero-order valence-corrected chi connectivity index (χ0v) is 10.2. The lowest BCUT2D eigenvalue weighted by Crippen LogP contribution is -2.01.